The fraction of sp³-hybridized carbons (Fsp3) is 0.462. The number of halogens is 3. The van der Waals surface area contributed by atoms with Gasteiger partial charge in [0.2, 0.25) is 0 Å². The minimum absolute atomic E-state index is 0.480. The number of hydrogen-bond acceptors (Lipinski definition) is 3. The summed E-state index contributed by atoms with van der Waals surface area (Å²) in [5.74, 6) is 0.551. The molecule has 0 radical (unpaired) electrons. The zero-order valence-electron chi connectivity index (χ0n) is 11.4. The lowest BCUT2D eigenvalue weighted by Gasteiger charge is -2.26. The van der Waals surface area contributed by atoms with E-state index in [9.17, 15) is 18.0 Å². The Kier molecular flexibility index (Phi) is 5.24. The lowest BCUT2D eigenvalue weighted by Crippen LogP contribution is -2.33. The van der Waals surface area contributed by atoms with Crippen molar-refractivity contribution in [2.45, 2.75) is 19.1 Å². The minimum Gasteiger partial charge on any atom is -0.496 e. The smallest absolute Gasteiger partial charge is 0.422 e. The first-order valence-electron chi connectivity index (χ1n) is 5.85. The molecule has 1 rings (SSSR count). The third kappa shape index (κ3) is 4.32. The first-order chi connectivity index (χ1) is 9.26. The molecule has 0 aliphatic rings. The van der Waals surface area contributed by atoms with Crippen LogP contribution in [0.25, 0.3) is 0 Å². The van der Waals surface area contributed by atoms with Crippen LogP contribution in [-0.2, 0) is 4.74 Å². The Morgan fingerprint density at radius 1 is 1.35 bits per heavy atom. The summed E-state index contributed by atoms with van der Waals surface area (Å²) >= 11 is 0. The Morgan fingerprint density at radius 3 is 2.50 bits per heavy atom. The molecular formula is C13H16F3NO3. The van der Waals surface area contributed by atoms with Crippen LogP contribution in [0.3, 0.4) is 0 Å². The Morgan fingerprint density at radius 2 is 1.95 bits per heavy atom. The second-order valence-corrected chi connectivity index (χ2v) is 4.20. The van der Waals surface area contributed by atoms with E-state index in [-0.39, 0.29) is 0 Å². The largest absolute Gasteiger partial charge is 0.496 e. The molecule has 0 aliphatic heterocycles. The summed E-state index contributed by atoms with van der Waals surface area (Å²) in [5, 5.41) is 0. The molecule has 1 aromatic carbocycles. The number of para-hydroxylation sites is 1. The number of carbonyl (C=O) groups excluding carboxylic acids is 1. The monoisotopic (exact) mass is 291 g/mol. The number of rotatable bonds is 4. The van der Waals surface area contributed by atoms with Crippen molar-refractivity contribution in [1.29, 1.82) is 0 Å². The van der Waals surface area contributed by atoms with E-state index >= 15 is 0 Å². The fourth-order valence-electron chi connectivity index (χ4n) is 1.62. The molecule has 0 bridgehead atoms. The third-order valence-electron chi connectivity index (χ3n) is 2.82. The number of alkyl halides is 3. The van der Waals surface area contributed by atoms with Crippen molar-refractivity contribution >= 4 is 6.09 Å². The van der Waals surface area contributed by atoms with Crippen molar-refractivity contribution in [3.05, 3.63) is 29.8 Å². The number of amides is 1. The maximum Gasteiger partial charge on any atom is 0.422 e. The number of methoxy groups -OCH3 is 1. The van der Waals surface area contributed by atoms with Crippen LogP contribution in [-0.4, -0.2) is 37.9 Å². The van der Waals surface area contributed by atoms with Crippen molar-refractivity contribution in [1.82, 2.24) is 4.90 Å². The van der Waals surface area contributed by atoms with Gasteiger partial charge in [-0.05, 0) is 13.0 Å². The van der Waals surface area contributed by atoms with E-state index in [4.69, 9.17) is 4.74 Å². The van der Waals surface area contributed by atoms with E-state index < -0.39 is 24.9 Å². The number of benzene rings is 1. The van der Waals surface area contributed by atoms with Crippen LogP contribution in [0.15, 0.2) is 24.3 Å². The number of hydrogen-bond donors (Lipinski definition) is 0. The van der Waals surface area contributed by atoms with Gasteiger partial charge in [-0.25, -0.2) is 4.79 Å². The van der Waals surface area contributed by atoms with Gasteiger partial charge in [0.1, 0.15) is 5.75 Å². The summed E-state index contributed by atoms with van der Waals surface area (Å²) in [5.41, 5.74) is 0.682. The zero-order chi connectivity index (χ0) is 15.3. The summed E-state index contributed by atoms with van der Waals surface area (Å²) < 4.78 is 45.4. The lowest BCUT2D eigenvalue weighted by molar-refractivity contribution is -0.162. The van der Waals surface area contributed by atoms with E-state index in [1.807, 2.05) is 0 Å². The Hall–Kier alpha value is -1.92. The molecule has 0 aliphatic carbocycles. The average molecular weight is 291 g/mol. The highest BCUT2D eigenvalue weighted by molar-refractivity contribution is 5.68. The molecular weight excluding hydrogens is 275 g/mol. The first kappa shape index (κ1) is 16.1. The molecule has 7 heteroatoms. The average Bonchev–Trinajstić information content (AvgIpc) is 2.42. The molecule has 112 valence electrons. The van der Waals surface area contributed by atoms with Gasteiger partial charge < -0.3 is 14.4 Å². The Labute approximate surface area is 115 Å². The van der Waals surface area contributed by atoms with E-state index in [1.165, 1.54) is 14.2 Å². The van der Waals surface area contributed by atoms with Gasteiger partial charge in [-0.2, -0.15) is 13.2 Å². The van der Waals surface area contributed by atoms with E-state index in [1.54, 1.807) is 31.2 Å². The SMILES string of the molecule is COc1ccccc1C(C)N(C)C(=O)OCC(F)(F)F. The van der Waals surface area contributed by atoms with Gasteiger partial charge in [0, 0.05) is 12.6 Å². The molecule has 20 heavy (non-hydrogen) atoms. The molecule has 1 amide bonds. The normalized spacial score (nSPS) is 12.7. The molecule has 0 fully saturated rings. The molecule has 4 nitrogen and oxygen atoms in total. The predicted molar refractivity (Wildman–Crippen MR) is 66.6 cm³/mol. The van der Waals surface area contributed by atoms with Gasteiger partial charge >= 0.3 is 12.3 Å². The molecule has 0 aromatic heterocycles. The van der Waals surface area contributed by atoms with Gasteiger partial charge in [-0.1, -0.05) is 18.2 Å². The zero-order valence-corrected chi connectivity index (χ0v) is 11.4. The van der Waals surface area contributed by atoms with Gasteiger partial charge in [0.15, 0.2) is 6.61 Å². The molecule has 1 unspecified atom stereocenters. The first-order valence-corrected chi connectivity index (χ1v) is 5.85. The highest BCUT2D eigenvalue weighted by Gasteiger charge is 2.31. The van der Waals surface area contributed by atoms with Gasteiger partial charge in [0.05, 0.1) is 13.2 Å². The number of ether oxygens (including phenoxy) is 2. The van der Waals surface area contributed by atoms with E-state index in [2.05, 4.69) is 4.74 Å². The van der Waals surface area contributed by atoms with Crippen LogP contribution in [0.1, 0.15) is 18.5 Å². The quantitative estimate of drug-likeness (QED) is 0.853. The minimum atomic E-state index is -4.54. The molecule has 0 N–H and O–H groups in total. The fourth-order valence-corrected chi connectivity index (χ4v) is 1.62. The Bertz CT molecular complexity index is 462. The molecule has 0 saturated heterocycles. The molecule has 1 aromatic rings. The van der Waals surface area contributed by atoms with Gasteiger partial charge in [-0.3, -0.25) is 0 Å². The van der Waals surface area contributed by atoms with Crippen molar-refractivity contribution in [3.63, 3.8) is 0 Å². The van der Waals surface area contributed by atoms with Crippen LogP contribution in [0, 0.1) is 0 Å². The predicted octanol–water partition coefficient (Wildman–Crippen LogP) is 3.39. The van der Waals surface area contributed by atoms with Crippen molar-refractivity contribution in [3.8, 4) is 5.75 Å². The number of carbonyl (C=O) groups is 1. The van der Waals surface area contributed by atoms with Crippen LogP contribution < -0.4 is 4.74 Å². The standard InChI is InChI=1S/C13H16F3NO3/c1-9(10-6-4-5-7-11(10)19-3)17(2)12(18)20-8-13(14,15)16/h4-7,9H,8H2,1-3H3. The maximum atomic E-state index is 12.0. The maximum absolute atomic E-state index is 12.0. The van der Waals surface area contributed by atoms with Gasteiger partial charge in [0.25, 0.3) is 0 Å². The van der Waals surface area contributed by atoms with Crippen molar-refractivity contribution in [2.75, 3.05) is 20.8 Å². The highest BCUT2D eigenvalue weighted by Crippen LogP contribution is 2.28. The van der Waals surface area contributed by atoms with Crippen LogP contribution >= 0.6 is 0 Å². The molecule has 0 spiro atoms. The summed E-state index contributed by atoms with van der Waals surface area (Å²) in [6.07, 6.45) is -5.58. The molecule has 1 atom stereocenters. The highest BCUT2D eigenvalue weighted by atomic mass is 19.4. The summed E-state index contributed by atoms with van der Waals surface area (Å²) in [6.45, 7) is 0.0710. The molecule has 0 heterocycles. The van der Waals surface area contributed by atoms with Crippen molar-refractivity contribution in [2.24, 2.45) is 0 Å². The number of nitrogens with zero attached hydrogens (tertiary/aromatic N) is 1. The Balaban J connectivity index is 2.75. The van der Waals surface area contributed by atoms with Crippen molar-refractivity contribution < 1.29 is 27.4 Å². The van der Waals surface area contributed by atoms with Crippen LogP contribution in [0.4, 0.5) is 18.0 Å². The van der Waals surface area contributed by atoms with Crippen LogP contribution in [0.2, 0.25) is 0 Å². The third-order valence-corrected chi connectivity index (χ3v) is 2.82. The van der Waals surface area contributed by atoms with Crippen LogP contribution in [0.5, 0.6) is 5.75 Å². The van der Waals surface area contributed by atoms with Gasteiger partial charge in [-0.15, -0.1) is 0 Å². The second kappa shape index (κ2) is 6.49. The summed E-state index contributed by atoms with van der Waals surface area (Å²) in [4.78, 5) is 12.7. The molecule has 0 saturated carbocycles. The summed E-state index contributed by atoms with van der Waals surface area (Å²) in [6, 6.07) is 6.48. The van der Waals surface area contributed by atoms with E-state index in [0.29, 0.717) is 11.3 Å². The summed E-state index contributed by atoms with van der Waals surface area (Å²) in [7, 11) is 2.85. The topological polar surface area (TPSA) is 38.8 Å². The van der Waals surface area contributed by atoms with E-state index in [0.717, 1.165) is 4.90 Å². The second-order valence-electron chi connectivity index (χ2n) is 4.20. The lowest BCUT2D eigenvalue weighted by atomic mass is 10.1.